The van der Waals surface area contributed by atoms with Crippen LogP contribution in [0.2, 0.25) is 0 Å². The molecule has 1 aromatic carbocycles. The van der Waals surface area contributed by atoms with Gasteiger partial charge in [-0.05, 0) is 68.7 Å². The summed E-state index contributed by atoms with van der Waals surface area (Å²) in [6.07, 6.45) is 4.38. The Balaban J connectivity index is 1.56. The molecular weight excluding hydrogens is 370 g/mol. The summed E-state index contributed by atoms with van der Waals surface area (Å²) in [5.74, 6) is 0.407. The first kappa shape index (κ1) is 20.5. The van der Waals surface area contributed by atoms with E-state index < -0.39 is 12.2 Å². The van der Waals surface area contributed by atoms with E-state index in [1.54, 1.807) is 0 Å². The number of piperidine rings is 1. The SMILES string of the molecule is Cc1cc(C2CCOCC2)cc2c(=O)n(C[C@@H](O)C[C@H]3NCCC[C@@H]3O)cnc12. The van der Waals surface area contributed by atoms with Gasteiger partial charge in [-0.1, -0.05) is 6.07 Å². The highest BCUT2D eigenvalue weighted by Crippen LogP contribution is 2.29. The molecule has 158 valence electrons. The molecule has 4 rings (SSSR count). The lowest BCUT2D eigenvalue weighted by atomic mass is 9.89. The molecule has 0 radical (unpaired) electrons. The summed E-state index contributed by atoms with van der Waals surface area (Å²) in [6, 6.07) is 3.98. The van der Waals surface area contributed by atoms with Crippen LogP contribution in [0, 0.1) is 6.92 Å². The lowest BCUT2D eigenvalue weighted by molar-refractivity contribution is 0.0539. The van der Waals surface area contributed by atoms with Gasteiger partial charge in [0.25, 0.3) is 5.56 Å². The number of aryl methyl sites for hydroxylation is 1. The van der Waals surface area contributed by atoms with Gasteiger partial charge in [0.1, 0.15) is 0 Å². The zero-order chi connectivity index (χ0) is 20.4. The molecule has 2 saturated heterocycles. The Kier molecular flexibility index (Phi) is 6.29. The molecule has 2 fully saturated rings. The fourth-order valence-corrected chi connectivity index (χ4v) is 4.64. The van der Waals surface area contributed by atoms with Gasteiger partial charge < -0.3 is 20.3 Å². The minimum Gasteiger partial charge on any atom is -0.392 e. The zero-order valence-corrected chi connectivity index (χ0v) is 17.0. The molecule has 0 amide bonds. The molecule has 0 bridgehead atoms. The third-order valence-electron chi connectivity index (χ3n) is 6.31. The molecule has 3 heterocycles. The lowest BCUT2D eigenvalue weighted by Gasteiger charge is -2.30. The van der Waals surface area contributed by atoms with Gasteiger partial charge >= 0.3 is 0 Å². The van der Waals surface area contributed by atoms with E-state index in [0.717, 1.165) is 56.5 Å². The van der Waals surface area contributed by atoms with Crippen LogP contribution >= 0.6 is 0 Å². The van der Waals surface area contributed by atoms with Crippen molar-refractivity contribution >= 4 is 10.9 Å². The summed E-state index contributed by atoms with van der Waals surface area (Å²) in [4.78, 5) is 17.6. The number of aliphatic hydroxyl groups excluding tert-OH is 2. The molecule has 2 aromatic rings. The van der Waals surface area contributed by atoms with Crippen LogP contribution in [0.4, 0.5) is 0 Å². The Morgan fingerprint density at radius 1 is 1.31 bits per heavy atom. The Morgan fingerprint density at radius 3 is 2.86 bits per heavy atom. The highest BCUT2D eigenvalue weighted by Gasteiger charge is 2.25. The normalized spacial score (nSPS) is 24.7. The smallest absolute Gasteiger partial charge is 0.261 e. The number of nitrogens with one attached hydrogen (secondary N) is 1. The molecule has 3 atom stereocenters. The van der Waals surface area contributed by atoms with E-state index in [9.17, 15) is 15.0 Å². The fraction of sp³-hybridized carbons (Fsp3) is 0.636. The molecular formula is C22H31N3O4. The summed E-state index contributed by atoms with van der Waals surface area (Å²) < 4.78 is 6.96. The number of aromatic nitrogens is 2. The maximum atomic E-state index is 13.1. The summed E-state index contributed by atoms with van der Waals surface area (Å²) in [7, 11) is 0. The first-order valence-corrected chi connectivity index (χ1v) is 10.7. The number of nitrogens with zero attached hydrogens (tertiary/aromatic N) is 2. The van der Waals surface area contributed by atoms with Crippen molar-refractivity contribution in [1.82, 2.24) is 14.9 Å². The van der Waals surface area contributed by atoms with Crippen molar-refractivity contribution in [3.8, 4) is 0 Å². The quantitative estimate of drug-likeness (QED) is 0.702. The number of hydrogen-bond donors (Lipinski definition) is 3. The Labute approximate surface area is 170 Å². The van der Waals surface area contributed by atoms with Crippen molar-refractivity contribution in [3.63, 3.8) is 0 Å². The molecule has 0 aliphatic carbocycles. The molecule has 0 unspecified atom stereocenters. The molecule has 1 aromatic heterocycles. The number of fused-ring (bicyclic) bond motifs is 1. The first-order valence-electron chi connectivity index (χ1n) is 10.7. The first-order chi connectivity index (χ1) is 14.0. The molecule has 3 N–H and O–H groups in total. The minimum atomic E-state index is -0.725. The average molecular weight is 402 g/mol. The molecule has 29 heavy (non-hydrogen) atoms. The monoisotopic (exact) mass is 401 g/mol. The van der Waals surface area contributed by atoms with Crippen LogP contribution in [0.1, 0.15) is 49.1 Å². The van der Waals surface area contributed by atoms with Gasteiger partial charge in [0, 0.05) is 19.3 Å². The van der Waals surface area contributed by atoms with E-state index >= 15 is 0 Å². The van der Waals surface area contributed by atoms with Crippen LogP contribution in [0.5, 0.6) is 0 Å². The second-order valence-electron chi connectivity index (χ2n) is 8.48. The standard InChI is InChI=1S/C22H31N3O4/c1-14-9-16(15-4-7-29-8-5-15)10-18-21(14)24-13-25(22(18)28)12-17(26)11-19-20(27)3-2-6-23-19/h9-10,13,15,17,19-20,23,26-27H,2-8,11-12H2,1H3/t17-,19+,20-/m0/s1. The van der Waals surface area contributed by atoms with E-state index in [1.807, 2.05) is 13.0 Å². The van der Waals surface area contributed by atoms with Gasteiger partial charge in [0.15, 0.2) is 0 Å². The van der Waals surface area contributed by atoms with E-state index in [4.69, 9.17) is 4.74 Å². The molecule has 2 aliphatic rings. The van der Waals surface area contributed by atoms with Gasteiger partial charge in [-0.3, -0.25) is 9.36 Å². The van der Waals surface area contributed by atoms with Gasteiger partial charge in [-0.25, -0.2) is 4.98 Å². The molecule has 7 heteroatoms. The summed E-state index contributed by atoms with van der Waals surface area (Å²) >= 11 is 0. The van der Waals surface area contributed by atoms with E-state index in [-0.39, 0.29) is 18.1 Å². The van der Waals surface area contributed by atoms with Crippen LogP contribution in [0.15, 0.2) is 23.3 Å². The van der Waals surface area contributed by atoms with Crippen molar-refractivity contribution < 1.29 is 14.9 Å². The molecule has 7 nitrogen and oxygen atoms in total. The number of hydrogen-bond acceptors (Lipinski definition) is 6. The number of aliphatic hydroxyl groups is 2. The lowest BCUT2D eigenvalue weighted by Crippen LogP contribution is -2.47. The van der Waals surface area contributed by atoms with E-state index in [2.05, 4.69) is 16.4 Å². The second kappa shape index (κ2) is 8.92. The van der Waals surface area contributed by atoms with Gasteiger partial charge in [-0.15, -0.1) is 0 Å². The third kappa shape index (κ3) is 4.53. The second-order valence-corrected chi connectivity index (χ2v) is 8.48. The molecule has 0 saturated carbocycles. The van der Waals surface area contributed by atoms with Crippen LogP contribution < -0.4 is 10.9 Å². The highest BCUT2D eigenvalue weighted by atomic mass is 16.5. The predicted octanol–water partition coefficient (Wildman–Crippen LogP) is 1.46. The van der Waals surface area contributed by atoms with E-state index in [1.165, 1.54) is 16.5 Å². The fourth-order valence-electron chi connectivity index (χ4n) is 4.64. The Hall–Kier alpha value is -1.80. The third-order valence-corrected chi connectivity index (χ3v) is 6.31. The van der Waals surface area contributed by atoms with Crippen molar-refractivity contribution in [3.05, 3.63) is 39.9 Å². The average Bonchev–Trinajstić information content (AvgIpc) is 2.72. The molecule has 2 aliphatic heterocycles. The minimum absolute atomic E-state index is 0.122. The van der Waals surface area contributed by atoms with Crippen LogP contribution in [0.25, 0.3) is 10.9 Å². The van der Waals surface area contributed by atoms with Crippen LogP contribution in [-0.2, 0) is 11.3 Å². The highest BCUT2D eigenvalue weighted by molar-refractivity contribution is 5.81. The van der Waals surface area contributed by atoms with Crippen molar-refractivity contribution in [2.45, 2.75) is 69.7 Å². The number of benzene rings is 1. The Morgan fingerprint density at radius 2 is 2.10 bits per heavy atom. The van der Waals surface area contributed by atoms with Crippen molar-refractivity contribution in [1.29, 1.82) is 0 Å². The summed E-state index contributed by atoms with van der Waals surface area (Å²) in [5.41, 5.74) is 2.78. The van der Waals surface area contributed by atoms with Crippen molar-refractivity contribution in [2.24, 2.45) is 0 Å². The number of ether oxygens (including phenoxy) is 1. The van der Waals surface area contributed by atoms with Gasteiger partial charge in [0.2, 0.25) is 0 Å². The zero-order valence-electron chi connectivity index (χ0n) is 17.0. The number of rotatable bonds is 5. The van der Waals surface area contributed by atoms with Gasteiger partial charge in [-0.2, -0.15) is 0 Å². The van der Waals surface area contributed by atoms with Crippen LogP contribution in [-0.4, -0.2) is 57.8 Å². The summed E-state index contributed by atoms with van der Waals surface area (Å²) in [5, 5.41) is 24.5. The summed E-state index contributed by atoms with van der Waals surface area (Å²) in [6.45, 7) is 4.53. The maximum Gasteiger partial charge on any atom is 0.261 e. The largest absolute Gasteiger partial charge is 0.392 e. The topological polar surface area (TPSA) is 96.6 Å². The maximum absolute atomic E-state index is 13.1. The Bertz CT molecular complexity index is 907. The molecule has 0 spiro atoms. The van der Waals surface area contributed by atoms with Crippen LogP contribution in [0.3, 0.4) is 0 Å². The van der Waals surface area contributed by atoms with Crippen molar-refractivity contribution in [2.75, 3.05) is 19.8 Å². The predicted molar refractivity (Wildman–Crippen MR) is 111 cm³/mol. The van der Waals surface area contributed by atoms with E-state index in [0.29, 0.717) is 17.7 Å². The van der Waals surface area contributed by atoms with Gasteiger partial charge in [0.05, 0.1) is 36.0 Å².